The van der Waals surface area contributed by atoms with E-state index in [1.807, 2.05) is 6.07 Å². The number of carbonyl (C=O) groups excluding carboxylic acids is 1. The molecule has 0 spiro atoms. The highest BCUT2D eigenvalue weighted by molar-refractivity contribution is 9.11. The first-order valence-corrected chi connectivity index (χ1v) is 7.84. The van der Waals surface area contributed by atoms with Crippen molar-refractivity contribution in [1.82, 2.24) is 0 Å². The number of nitrogens with one attached hydrogen (secondary N) is 1. The van der Waals surface area contributed by atoms with Crippen LogP contribution in [0.25, 0.3) is 0 Å². The van der Waals surface area contributed by atoms with E-state index in [9.17, 15) is 4.79 Å². The summed E-state index contributed by atoms with van der Waals surface area (Å²) in [6, 6.07) is 6.88. The highest BCUT2D eigenvalue weighted by Crippen LogP contribution is 2.34. The van der Waals surface area contributed by atoms with Crippen molar-refractivity contribution in [2.75, 3.05) is 5.32 Å². The molecule has 0 unspecified atom stereocenters. The SMILES string of the molecule is O=C(Nc1c(Cl)cc(Br)cc1Cl)c1ccc(Br)s1. The maximum absolute atomic E-state index is 12.0. The summed E-state index contributed by atoms with van der Waals surface area (Å²) in [6.07, 6.45) is 0. The Bertz CT molecular complexity index is 592. The lowest BCUT2D eigenvalue weighted by atomic mass is 10.3. The van der Waals surface area contributed by atoms with Gasteiger partial charge in [-0.1, -0.05) is 39.1 Å². The van der Waals surface area contributed by atoms with Crippen LogP contribution in [-0.2, 0) is 0 Å². The number of anilines is 1. The number of hydrogen-bond donors (Lipinski definition) is 1. The van der Waals surface area contributed by atoms with Gasteiger partial charge in [-0.3, -0.25) is 4.79 Å². The quantitative estimate of drug-likeness (QED) is 0.639. The molecule has 94 valence electrons. The molecule has 0 aliphatic heterocycles. The van der Waals surface area contributed by atoms with Crippen LogP contribution in [0.4, 0.5) is 5.69 Å². The van der Waals surface area contributed by atoms with E-state index >= 15 is 0 Å². The Morgan fingerprint density at radius 1 is 1.17 bits per heavy atom. The molecule has 0 bridgehead atoms. The Balaban J connectivity index is 2.27. The third-order valence-electron chi connectivity index (χ3n) is 2.04. The molecule has 1 aromatic heterocycles. The summed E-state index contributed by atoms with van der Waals surface area (Å²) in [5, 5.41) is 3.48. The molecule has 18 heavy (non-hydrogen) atoms. The summed E-state index contributed by atoms with van der Waals surface area (Å²) in [7, 11) is 0. The topological polar surface area (TPSA) is 29.1 Å². The lowest BCUT2D eigenvalue weighted by molar-refractivity contribution is 0.103. The minimum absolute atomic E-state index is 0.239. The summed E-state index contributed by atoms with van der Waals surface area (Å²) < 4.78 is 1.65. The second-order valence-corrected chi connectivity index (χ2v) is 7.50. The van der Waals surface area contributed by atoms with E-state index in [1.54, 1.807) is 18.2 Å². The predicted molar refractivity (Wildman–Crippen MR) is 84.1 cm³/mol. The van der Waals surface area contributed by atoms with Crippen LogP contribution in [0.5, 0.6) is 0 Å². The molecule has 1 amide bonds. The number of benzene rings is 1. The Labute approximate surface area is 135 Å². The van der Waals surface area contributed by atoms with Crippen molar-refractivity contribution in [1.29, 1.82) is 0 Å². The first-order chi connectivity index (χ1) is 8.47. The molecule has 2 aromatic rings. The average molecular weight is 430 g/mol. The summed E-state index contributed by atoms with van der Waals surface area (Å²) in [5.74, 6) is -0.239. The number of carbonyl (C=O) groups is 1. The fourth-order valence-electron chi connectivity index (χ4n) is 1.27. The fourth-order valence-corrected chi connectivity index (χ4v) is 3.86. The average Bonchev–Trinajstić information content (AvgIpc) is 2.70. The van der Waals surface area contributed by atoms with Gasteiger partial charge in [-0.15, -0.1) is 11.3 Å². The standard InChI is InChI=1S/C11H5Br2Cl2NOS/c12-5-3-6(14)10(7(15)4-5)16-11(17)8-1-2-9(13)18-8/h1-4H,(H,16,17). The van der Waals surface area contributed by atoms with Gasteiger partial charge >= 0.3 is 0 Å². The third kappa shape index (κ3) is 3.27. The zero-order valence-electron chi connectivity index (χ0n) is 8.64. The van der Waals surface area contributed by atoms with Crippen molar-refractivity contribution in [2.45, 2.75) is 0 Å². The molecule has 1 N–H and O–H groups in total. The van der Waals surface area contributed by atoms with E-state index in [4.69, 9.17) is 23.2 Å². The smallest absolute Gasteiger partial charge is 0.265 e. The van der Waals surface area contributed by atoms with Crippen LogP contribution in [0, 0.1) is 0 Å². The molecule has 1 heterocycles. The zero-order chi connectivity index (χ0) is 13.3. The van der Waals surface area contributed by atoms with Gasteiger partial charge in [0.1, 0.15) is 0 Å². The largest absolute Gasteiger partial charge is 0.319 e. The van der Waals surface area contributed by atoms with Crippen LogP contribution in [-0.4, -0.2) is 5.91 Å². The van der Waals surface area contributed by atoms with Gasteiger partial charge in [0.15, 0.2) is 0 Å². The number of rotatable bonds is 2. The van der Waals surface area contributed by atoms with E-state index in [1.165, 1.54) is 11.3 Å². The molecular weight excluding hydrogens is 425 g/mol. The lowest BCUT2D eigenvalue weighted by Gasteiger charge is -2.08. The summed E-state index contributed by atoms with van der Waals surface area (Å²) in [6.45, 7) is 0. The van der Waals surface area contributed by atoms with Crippen molar-refractivity contribution in [3.63, 3.8) is 0 Å². The summed E-state index contributed by atoms with van der Waals surface area (Å²) in [5.41, 5.74) is 0.413. The van der Waals surface area contributed by atoms with E-state index in [0.717, 1.165) is 8.26 Å². The molecule has 0 aliphatic rings. The molecule has 0 atom stereocenters. The van der Waals surface area contributed by atoms with Gasteiger partial charge in [0.05, 0.1) is 24.4 Å². The van der Waals surface area contributed by atoms with Crippen LogP contribution in [0.1, 0.15) is 9.67 Å². The Hall–Kier alpha value is -0.0700. The van der Waals surface area contributed by atoms with E-state index in [2.05, 4.69) is 37.2 Å². The van der Waals surface area contributed by atoms with E-state index in [0.29, 0.717) is 20.6 Å². The predicted octanol–water partition coefficient (Wildman–Crippen LogP) is 5.83. The molecule has 0 radical (unpaired) electrons. The van der Waals surface area contributed by atoms with E-state index < -0.39 is 0 Å². The summed E-state index contributed by atoms with van der Waals surface area (Å²) in [4.78, 5) is 12.5. The fraction of sp³-hybridized carbons (Fsp3) is 0. The Kier molecular flexibility index (Phi) is 4.72. The van der Waals surface area contributed by atoms with Crippen LogP contribution in [0.2, 0.25) is 10.0 Å². The molecule has 0 saturated heterocycles. The van der Waals surface area contributed by atoms with Crippen molar-refractivity contribution in [2.24, 2.45) is 0 Å². The molecular formula is C11H5Br2Cl2NOS. The first-order valence-electron chi connectivity index (χ1n) is 4.68. The minimum Gasteiger partial charge on any atom is -0.319 e. The van der Waals surface area contributed by atoms with Gasteiger partial charge in [-0.05, 0) is 40.2 Å². The van der Waals surface area contributed by atoms with E-state index in [-0.39, 0.29) is 5.91 Å². The van der Waals surface area contributed by atoms with Gasteiger partial charge in [0.2, 0.25) is 0 Å². The maximum Gasteiger partial charge on any atom is 0.265 e. The first kappa shape index (κ1) is 14.3. The van der Waals surface area contributed by atoms with Crippen molar-refractivity contribution in [3.05, 3.63) is 47.4 Å². The number of halogens is 4. The molecule has 1 aromatic carbocycles. The van der Waals surface area contributed by atoms with Gasteiger partial charge in [-0.2, -0.15) is 0 Å². The number of amides is 1. The van der Waals surface area contributed by atoms with Gasteiger partial charge in [0.25, 0.3) is 5.91 Å². The van der Waals surface area contributed by atoms with Crippen LogP contribution in [0.3, 0.4) is 0 Å². The molecule has 0 fully saturated rings. The highest BCUT2D eigenvalue weighted by atomic mass is 79.9. The molecule has 2 nitrogen and oxygen atoms in total. The monoisotopic (exact) mass is 427 g/mol. The Morgan fingerprint density at radius 2 is 1.78 bits per heavy atom. The van der Waals surface area contributed by atoms with Gasteiger partial charge in [-0.25, -0.2) is 0 Å². The van der Waals surface area contributed by atoms with Crippen molar-refractivity contribution >= 4 is 78.0 Å². The normalized spacial score (nSPS) is 10.4. The van der Waals surface area contributed by atoms with Crippen LogP contribution < -0.4 is 5.32 Å². The maximum atomic E-state index is 12.0. The molecule has 2 rings (SSSR count). The lowest BCUT2D eigenvalue weighted by Crippen LogP contribution is -2.10. The molecule has 0 aliphatic carbocycles. The van der Waals surface area contributed by atoms with Crippen molar-refractivity contribution < 1.29 is 4.79 Å². The van der Waals surface area contributed by atoms with Crippen LogP contribution in [0.15, 0.2) is 32.5 Å². The third-order valence-corrected chi connectivity index (χ3v) is 4.72. The zero-order valence-corrected chi connectivity index (χ0v) is 14.1. The number of hydrogen-bond acceptors (Lipinski definition) is 2. The van der Waals surface area contributed by atoms with Gasteiger partial charge in [0, 0.05) is 4.47 Å². The second kappa shape index (κ2) is 5.92. The molecule has 7 heteroatoms. The number of thiophene rings is 1. The minimum atomic E-state index is -0.239. The summed E-state index contributed by atoms with van der Waals surface area (Å²) >= 11 is 20.0. The highest BCUT2D eigenvalue weighted by Gasteiger charge is 2.14. The second-order valence-electron chi connectivity index (χ2n) is 3.30. The van der Waals surface area contributed by atoms with Crippen LogP contribution >= 0.6 is 66.4 Å². The molecule has 0 saturated carbocycles. The Morgan fingerprint density at radius 3 is 2.28 bits per heavy atom. The van der Waals surface area contributed by atoms with Gasteiger partial charge < -0.3 is 5.32 Å². The van der Waals surface area contributed by atoms with Crippen molar-refractivity contribution in [3.8, 4) is 0 Å².